The smallest absolute Gasteiger partial charge is 0.119 e. The van der Waals surface area contributed by atoms with Crippen molar-refractivity contribution in [2.75, 3.05) is 14.1 Å². The summed E-state index contributed by atoms with van der Waals surface area (Å²) in [5.74, 6) is 0.731. The lowest BCUT2D eigenvalue weighted by Gasteiger charge is -1.89. The molecule has 0 aromatic heterocycles. The van der Waals surface area contributed by atoms with Gasteiger partial charge in [0.05, 0.1) is 5.70 Å². The summed E-state index contributed by atoms with van der Waals surface area (Å²) in [5, 5.41) is 13.8. The van der Waals surface area contributed by atoms with Crippen LogP contribution in [0, 0.1) is 0 Å². The molecular formula is C24H46N8. The number of allylic oxidation sites excluding steroid dienone is 4. The highest BCUT2D eigenvalue weighted by molar-refractivity contribution is 5.83. The van der Waals surface area contributed by atoms with E-state index in [4.69, 9.17) is 0 Å². The third-order valence-corrected chi connectivity index (χ3v) is 2.47. The van der Waals surface area contributed by atoms with Crippen LogP contribution in [0.2, 0.25) is 0 Å². The highest BCUT2D eigenvalue weighted by atomic mass is 15.2. The number of hydrogen-bond donors (Lipinski definition) is 0. The molecule has 0 spiro atoms. The second-order valence-electron chi connectivity index (χ2n) is 6.69. The van der Waals surface area contributed by atoms with Crippen LogP contribution in [0.1, 0.15) is 69.2 Å². The summed E-state index contributed by atoms with van der Waals surface area (Å²) in [6.07, 6.45) is 0. The van der Waals surface area contributed by atoms with Crippen molar-refractivity contribution in [3.05, 3.63) is 35.8 Å². The van der Waals surface area contributed by atoms with Gasteiger partial charge in [0.25, 0.3) is 0 Å². The average molecular weight is 447 g/mol. The highest BCUT2D eigenvalue weighted by Crippen LogP contribution is 1.99. The maximum atomic E-state index is 4.00. The Morgan fingerprint density at radius 3 is 1.09 bits per heavy atom. The summed E-state index contributed by atoms with van der Waals surface area (Å²) in [5.41, 5.74) is 5.88. The number of aliphatic imine (C=N–C) groups is 4. The lowest BCUT2D eigenvalue weighted by atomic mass is 10.3. The van der Waals surface area contributed by atoms with Crippen LogP contribution in [-0.4, -0.2) is 51.5 Å². The zero-order valence-corrected chi connectivity index (χ0v) is 22.6. The van der Waals surface area contributed by atoms with Crippen LogP contribution in [0.3, 0.4) is 0 Å². The zero-order chi connectivity index (χ0) is 26.7. The van der Waals surface area contributed by atoms with Crippen molar-refractivity contribution in [2.45, 2.75) is 69.2 Å². The number of nitrogens with zero attached hydrogens (tertiary/aromatic N) is 8. The van der Waals surface area contributed by atoms with Crippen molar-refractivity contribution in [3.8, 4) is 0 Å². The number of amidine groups is 1. The maximum Gasteiger partial charge on any atom is 0.119 e. The predicted octanol–water partition coefficient (Wildman–Crippen LogP) is 7.42. The van der Waals surface area contributed by atoms with E-state index in [1.807, 2.05) is 55.4 Å². The van der Waals surface area contributed by atoms with Crippen LogP contribution in [0.5, 0.6) is 0 Å². The molecule has 0 radical (unpaired) electrons. The monoisotopic (exact) mass is 446 g/mol. The summed E-state index contributed by atoms with van der Waals surface area (Å²) in [6, 6.07) is 0. The molecule has 0 aliphatic heterocycles. The maximum absolute atomic E-state index is 4.00. The van der Waals surface area contributed by atoms with E-state index in [0.717, 1.165) is 34.4 Å². The molecule has 32 heavy (non-hydrogen) atoms. The minimum atomic E-state index is 0.731. The SMILES string of the molecule is C=C(C)N=C(C)C.C=C(C)N=NC.C=NC(C)=C(C)C.C=NC(C)=NC.C=NN=C(C)C. The average Bonchev–Trinajstić information content (AvgIpc) is 2.67. The van der Waals surface area contributed by atoms with Gasteiger partial charge in [0.2, 0.25) is 0 Å². The van der Waals surface area contributed by atoms with E-state index in [2.05, 4.69) is 73.7 Å². The first-order valence-electron chi connectivity index (χ1n) is 9.77. The van der Waals surface area contributed by atoms with Crippen molar-refractivity contribution in [3.63, 3.8) is 0 Å². The molecular weight excluding hydrogens is 400 g/mol. The van der Waals surface area contributed by atoms with Crippen molar-refractivity contribution < 1.29 is 0 Å². The highest BCUT2D eigenvalue weighted by Gasteiger charge is 1.80. The summed E-state index contributed by atoms with van der Waals surface area (Å²) in [4.78, 5) is 14.9. The fourth-order valence-electron chi connectivity index (χ4n) is 0.923. The molecule has 0 rings (SSSR count). The van der Waals surface area contributed by atoms with Gasteiger partial charge in [-0.05, 0) is 82.7 Å². The van der Waals surface area contributed by atoms with E-state index < -0.39 is 0 Å². The second kappa shape index (κ2) is 30.0. The Labute approximate surface area is 197 Å². The molecule has 0 aromatic rings. The molecule has 8 heteroatoms. The lowest BCUT2D eigenvalue weighted by Crippen LogP contribution is -1.78. The van der Waals surface area contributed by atoms with Gasteiger partial charge in [0.15, 0.2) is 0 Å². The van der Waals surface area contributed by atoms with Gasteiger partial charge in [-0.1, -0.05) is 18.7 Å². The lowest BCUT2D eigenvalue weighted by molar-refractivity contribution is 1.09. The molecule has 0 saturated heterocycles. The van der Waals surface area contributed by atoms with Crippen LogP contribution in [0.4, 0.5) is 0 Å². The Kier molecular flexibility index (Phi) is 36.9. The topological polar surface area (TPSA) is 98.9 Å². The fraction of sp³-hybridized carbons (Fsp3) is 0.500. The molecule has 0 N–H and O–H groups in total. The van der Waals surface area contributed by atoms with Gasteiger partial charge < -0.3 is 0 Å². The van der Waals surface area contributed by atoms with Gasteiger partial charge in [0, 0.05) is 43.6 Å². The van der Waals surface area contributed by atoms with E-state index in [-0.39, 0.29) is 0 Å². The van der Waals surface area contributed by atoms with Crippen LogP contribution in [-0.2, 0) is 0 Å². The Hall–Kier alpha value is -3.16. The van der Waals surface area contributed by atoms with Crippen LogP contribution in [0.25, 0.3) is 0 Å². The third-order valence-electron chi connectivity index (χ3n) is 2.47. The first kappa shape index (κ1) is 39.3. The van der Waals surface area contributed by atoms with Crippen molar-refractivity contribution in [2.24, 2.45) is 40.4 Å². The minimum Gasteiger partial charge on any atom is -0.274 e. The van der Waals surface area contributed by atoms with Crippen LogP contribution in [0.15, 0.2) is 76.2 Å². The second-order valence-corrected chi connectivity index (χ2v) is 6.69. The predicted molar refractivity (Wildman–Crippen MR) is 150 cm³/mol. The van der Waals surface area contributed by atoms with E-state index >= 15 is 0 Å². The summed E-state index contributed by atoms with van der Waals surface area (Å²) in [7, 11) is 3.30. The molecule has 0 amide bonds. The Morgan fingerprint density at radius 1 is 0.625 bits per heavy atom. The van der Waals surface area contributed by atoms with E-state index in [1.54, 1.807) is 27.9 Å². The molecule has 0 aliphatic carbocycles. The summed E-state index contributed by atoms with van der Waals surface area (Å²) >= 11 is 0. The van der Waals surface area contributed by atoms with Gasteiger partial charge >= 0.3 is 0 Å². The Bertz CT molecular complexity index is 694. The fourth-order valence-corrected chi connectivity index (χ4v) is 0.923. The number of hydrogen-bond acceptors (Lipinski definition) is 7. The van der Waals surface area contributed by atoms with Crippen molar-refractivity contribution >= 4 is 37.4 Å². The van der Waals surface area contributed by atoms with E-state index in [1.165, 1.54) is 5.57 Å². The molecule has 0 unspecified atom stereocenters. The van der Waals surface area contributed by atoms with Gasteiger partial charge in [-0.3, -0.25) is 15.0 Å². The quantitative estimate of drug-likeness (QED) is 0.186. The Morgan fingerprint density at radius 2 is 1.09 bits per heavy atom. The van der Waals surface area contributed by atoms with Gasteiger partial charge in [-0.15, -0.1) is 0 Å². The molecule has 0 fully saturated rings. The molecule has 0 aliphatic rings. The third kappa shape index (κ3) is 63.2. The largest absolute Gasteiger partial charge is 0.274 e. The van der Waals surface area contributed by atoms with E-state index in [9.17, 15) is 0 Å². The molecule has 0 saturated carbocycles. The van der Waals surface area contributed by atoms with E-state index in [0.29, 0.717) is 0 Å². The summed E-state index contributed by atoms with van der Waals surface area (Å²) in [6.45, 7) is 36.0. The first-order valence-corrected chi connectivity index (χ1v) is 9.77. The van der Waals surface area contributed by atoms with Crippen LogP contribution < -0.4 is 0 Å². The van der Waals surface area contributed by atoms with Crippen molar-refractivity contribution in [1.82, 2.24) is 0 Å². The normalized spacial score (nSPS) is 8.69. The molecule has 182 valence electrons. The molecule has 0 atom stereocenters. The van der Waals surface area contributed by atoms with Gasteiger partial charge in [-0.25, -0.2) is 4.99 Å². The molecule has 0 aromatic carbocycles. The molecule has 8 nitrogen and oxygen atoms in total. The van der Waals surface area contributed by atoms with Gasteiger partial charge in [0.1, 0.15) is 5.84 Å². The van der Waals surface area contributed by atoms with Gasteiger partial charge in [-0.2, -0.15) is 20.4 Å². The zero-order valence-electron chi connectivity index (χ0n) is 22.6. The van der Waals surface area contributed by atoms with Crippen molar-refractivity contribution in [1.29, 1.82) is 0 Å². The number of azo groups is 1. The first-order chi connectivity index (χ1) is 14.7. The standard InChI is InChI=1S/2C6H11N.3C4H8N2/c1-5(2)6(3)7-4;1-5(2)7-6(3)4;1-4(5-2)6-3;2*1-4(2)6-5-3/h4H2,1-3H3;1H2,2-4H3;2H2,1,3H3;3H2,1-2H3;1H2,2-3H3. The van der Waals surface area contributed by atoms with Crippen LogP contribution >= 0.6 is 0 Å². The summed E-state index contributed by atoms with van der Waals surface area (Å²) < 4.78 is 0. The molecule has 0 heterocycles. The number of rotatable bonds is 4. The Balaban J connectivity index is -0.0000000951. The minimum absolute atomic E-state index is 0.731. The molecule has 0 bridgehead atoms.